The average Bonchev–Trinajstić information content (AvgIpc) is 2.91. The first-order valence-electron chi connectivity index (χ1n) is 6.80. The second kappa shape index (κ2) is 6.44. The molecule has 1 saturated heterocycles. The Balaban J connectivity index is 2.02. The predicted octanol–water partition coefficient (Wildman–Crippen LogP) is 2.46. The summed E-state index contributed by atoms with van der Waals surface area (Å²) in [6.45, 7) is 5.55. The summed E-state index contributed by atoms with van der Waals surface area (Å²) in [6, 6.07) is 8.03. The van der Waals surface area contributed by atoms with Crippen LogP contribution in [0.25, 0.3) is 0 Å². The van der Waals surface area contributed by atoms with Gasteiger partial charge in [0.15, 0.2) is 0 Å². The third-order valence-electron chi connectivity index (χ3n) is 3.48. The van der Waals surface area contributed by atoms with Gasteiger partial charge in [-0.05, 0) is 45.0 Å². The van der Waals surface area contributed by atoms with Gasteiger partial charge in [-0.25, -0.2) is 0 Å². The summed E-state index contributed by atoms with van der Waals surface area (Å²) in [7, 11) is 1.64. The molecule has 4 nitrogen and oxygen atoms in total. The van der Waals surface area contributed by atoms with Crippen molar-refractivity contribution in [3.63, 3.8) is 0 Å². The highest BCUT2D eigenvalue weighted by atomic mass is 16.5. The maximum Gasteiger partial charge on any atom is 0.121 e. The van der Waals surface area contributed by atoms with E-state index in [1.807, 2.05) is 12.1 Å². The molecular weight excluding hydrogens is 238 g/mol. The number of nitrogens with one attached hydrogen (secondary N) is 1. The second-order valence-corrected chi connectivity index (χ2v) is 5.08. The number of hydrogen-bond acceptors (Lipinski definition) is 4. The zero-order chi connectivity index (χ0) is 13.7. The van der Waals surface area contributed by atoms with Gasteiger partial charge in [-0.2, -0.15) is 5.26 Å². The topological polar surface area (TPSA) is 48.3 Å². The molecule has 1 fully saturated rings. The van der Waals surface area contributed by atoms with Gasteiger partial charge in [0.2, 0.25) is 0 Å². The van der Waals surface area contributed by atoms with Crippen molar-refractivity contribution in [2.45, 2.75) is 25.8 Å². The molecule has 0 bridgehead atoms. The summed E-state index contributed by atoms with van der Waals surface area (Å²) in [6.07, 6.45) is 2.60. The number of ether oxygens (including phenoxy) is 1. The smallest absolute Gasteiger partial charge is 0.121 e. The molecule has 1 N–H and O–H groups in total. The van der Waals surface area contributed by atoms with Crippen molar-refractivity contribution in [3.05, 3.63) is 23.8 Å². The van der Waals surface area contributed by atoms with Crippen molar-refractivity contribution < 1.29 is 4.74 Å². The second-order valence-electron chi connectivity index (χ2n) is 5.08. The minimum Gasteiger partial charge on any atom is -0.497 e. The molecule has 102 valence electrons. The molecule has 4 heteroatoms. The molecule has 2 rings (SSSR count). The number of likely N-dealkylation sites (tertiary alicyclic amines) is 1. The summed E-state index contributed by atoms with van der Waals surface area (Å²) >= 11 is 0. The fraction of sp³-hybridized carbons (Fsp3) is 0.533. The van der Waals surface area contributed by atoms with Crippen LogP contribution < -0.4 is 10.1 Å². The molecule has 19 heavy (non-hydrogen) atoms. The fourth-order valence-corrected chi connectivity index (χ4v) is 2.53. The van der Waals surface area contributed by atoms with Crippen LogP contribution in [0.3, 0.4) is 0 Å². The lowest BCUT2D eigenvalue weighted by Crippen LogP contribution is -2.33. The van der Waals surface area contributed by atoms with Gasteiger partial charge in [0.25, 0.3) is 0 Å². The molecule has 0 aromatic heterocycles. The highest BCUT2D eigenvalue weighted by Crippen LogP contribution is 2.23. The van der Waals surface area contributed by atoms with Gasteiger partial charge in [-0.3, -0.25) is 0 Å². The molecule has 0 aliphatic carbocycles. The third kappa shape index (κ3) is 3.62. The van der Waals surface area contributed by atoms with Gasteiger partial charge in [-0.15, -0.1) is 0 Å². The normalized spacial score (nSPS) is 16.9. The molecule has 1 aliphatic rings. The van der Waals surface area contributed by atoms with Gasteiger partial charge >= 0.3 is 0 Å². The van der Waals surface area contributed by atoms with Crippen LogP contribution in [0.4, 0.5) is 5.69 Å². The molecule has 1 unspecified atom stereocenters. The van der Waals surface area contributed by atoms with Gasteiger partial charge in [-0.1, -0.05) is 0 Å². The summed E-state index contributed by atoms with van der Waals surface area (Å²) in [5.74, 6) is 0.773. The van der Waals surface area contributed by atoms with E-state index < -0.39 is 0 Å². The molecule has 0 saturated carbocycles. The molecule has 1 heterocycles. The van der Waals surface area contributed by atoms with Crippen molar-refractivity contribution >= 4 is 5.69 Å². The Bertz CT molecular complexity index is 461. The number of anilines is 1. The molecule has 0 radical (unpaired) electrons. The van der Waals surface area contributed by atoms with Crippen LogP contribution in [0.2, 0.25) is 0 Å². The SMILES string of the molecule is COc1ccc(C#N)c(NC(C)CN2CCCC2)c1. The van der Waals surface area contributed by atoms with Gasteiger partial charge in [0, 0.05) is 18.7 Å². The number of rotatable bonds is 5. The molecule has 0 spiro atoms. The Morgan fingerprint density at radius 2 is 2.16 bits per heavy atom. The summed E-state index contributed by atoms with van der Waals surface area (Å²) < 4.78 is 5.21. The third-order valence-corrected chi connectivity index (χ3v) is 3.48. The van der Waals surface area contributed by atoms with E-state index in [9.17, 15) is 0 Å². The standard InChI is InChI=1S/C15H21N3O/c1-12(11-18-7-3-4-8-18)17-15-9-14(19-2)6-5-13(15)10-16/h5-6,9,12,17H,3-4,7-8,11H2,1-2H3. The quantitative estimate of drug-likeness (QED) is 0.882. The highest BCUT2D eigenvalue weighted by molar-refractivity contribution is 5.60. The maximum absolute atomic E-state index is 9.14. The van der Waals surface area contributed by atoms with Crippen LogP contribution in [0.15, 0.2) is 18.2 Å². The van der Waals surface area contributed by atoms with E-state index in [-0.39, 0.29) is 0 Å². The maximum atomic E-state index is 9.14. The number of hydrogen-bond donors (Lipinski definition) is 1. The van der Waals surface area contributed by atoms with E-state index in [0.717, 1.165) is 18.0 Å². The van der Waals surface area contributed by atoms with E-state index >= 15 is 0 Å². The van der Waals surface area contributed by atoms with Gasteiger partial charge in [0.05, 0.1) is 18.4 Å². The molecular formula is C15H21N3O. The van der Waals surface area contributed by atoms with Crippen molar-refractivity contribution in [3.8, 4) is 11.8 Å². The molecule has 1 atom stereocenters. The van der Waals surface area contributed by atoms with Crippen LogP contribution in [-0.4, -0.2) is 37.7 Å². The Kier molecular flexibility index (Phi) is 4.64. The average molecular weight is 259 g/mol. The molecule has 1 aliphatic heterocycles. The molecule has 1 aromatic carbocycles. The first-order chi connectivity index (χ1) is 9.22. The van der Waals surface area contributed by atoms with Crippen LogP contribution in [-0.2, 0) is 0 Å². The zero-order valence-electron chi connectivity index (χ0n) is 11.6. The lowest BCUT2D eigenvalue weighted by Gasteiger charge is -2.22. The van der Waals surface area contributed by atoms with Crippen LogP contribution in [0.5, 0.6) is 5.75 Å². The number of methoxy groups -OCH3 is 1. The van der Waals surface area contributed by atoms with E-state index in [0.29, 0.717) is 11.6 Å². The largest absolute Gasteiger partial charge is 0.497 e. The van der Waals surface area contributed by atoms with Crippen molar-refractivity contribution in [1.29, 1.82) is 5.26 Å². The van der Waals surface area contributed by atoms with E-state index in [1.165, 1.54) is 25.9 Å². The molecule has 1 aromatic rings. The van der Waals surface area contributed by atoms with E-state index in [4.69, 9.17) is 10.00 Å². The lowest BCUT2D eigenvalue weighted by molar-refractivity contribution is 0.328. The highest BCUT2D eigenvalue weighted by Gasteiger charge is 2.15. The van der Waals surface area contributed by atoms with Gasteiger partial charge in [0.1, 0.15) is 11.8 Å². The number of nitriles is 1. The fourth-order valence-electron chi connectivity index (χ4n) is 2.53. The first-order valence-corrected chi connectivity index (χ1v) is 6.80. The van der Waals surface area contributed by atoms with E-state index in [1.54, 1.807) is 13.2 Å². The summed E-state index contributed by atoms with van der Waals surface area (Å²) in [4.78, 5) is 2.46. The van der Waals surface area contributed by atoms with Crippen LogP contribution in [0.1, 0.15) is 25.3 Å². The first kappa shape index (κ1) is 13.7. The lowest BCUT2D eigenvalue weighted by atomic mass is 10.1. The Labute approximate surface area is 115 Å². The number of nitrogens with zero attached hydrogens (tertiary/aromatic N) is 2. The summed E-state index contributed by atoms with van der Waals surface area (Å²) in [5.41, 5.74) is 1.52. The van der Waals surface area contributed by atoms with Crippen LogP contribution >= 0.6 is 0 Å². The minimum absolute atomic E-state index is 0.317. The Hall–Kier alpha value is -1.73. The Morgan fingerprint density at radius 3 is 2.79 bits per heavy atom. The predicted molar refractivity (Wildman–Crippen MR) is 76.5 cm³/mol. The van der Waals surface area contributed by atoms with Gasteiger partial charge < -0.3 is 15.0 Å². The minimum atomic E-state index is 0.317. The van der Waals surface area contributed by atoms with Crippen molar-refractivity contribution in [2.75, 3.05) is 32.1 Å². The van der Waals surface area contributed by atoms with Crippen LogP contribution in [0, 0.1) is 11.3 Å². The van der Waals surface area contributed by atoms with Crippen molar-refractivity contribution in [1.82, 2.24) is 4.90 Å². The Morgan fingerprint density at radius 1 is 1.42 bits per heavy atom. The molecule has 0 amide bonds. The summed E-state index contributed by atoms with van der Waals surface area (Å²) in [5, 5.41) is 12.6. The zero-order valence-corrected chi connectivity index (χ0v) is 11.6. The van der Waals surface area contributed by atoms with Crippen molar-refractivity contribution in [2.24, 2.45) is 0 Å². The number of benzene rings is 1. The monoisotopic (exact) mass is 259 g/mol. The van der Waals surface area contributed by atoms with E-state index in [2.05, 4.69) is 23.2 Å².